The third-order valence-corrected chi connectivity index (χ3v) is 10.4. The van der Waals surface area contributed by atoms with Gasteiger partial charge < -0.3 is 0 Å². The average Bonchev–Trinajstić information content (AvgIpc) is 3.21. The maximum absolute atomic E-state index is 2.44. The first-order chi connectivity index (χ1) is 24.8. The van der Waals surface area contributed by atoms with Gasteiger partial charge in [0.1, 0.15) is 0 Å². The van der Waals surface area contributed by atoms with Gasteiger partial charge in [-0.3, -0.25) is 0 Å². The Labute approximate surface area is 291 Å². The van der Waals surface area contributed by atoms with Crippen LogP contribution in [-0.4, -0.2) is 0 Å². The molecule has 0 spiro atoms. The maximum Gasteiger partial charge on any atom is -0.00137 e. The molecule has 10 aromatic rings. The molecule has 0 radical (unpaired) electrons. The van der Waals surface area contributed by atoms with Crippen LogP contribution < -0.4 is 0 Å². The average molecular weight is 633 g/mol. The van der Waals surface area contributed by atoms with Gasteiger partial charge in [0.25, 0.3) is 0 Å². The number of benzene rings is 10. The zero-order chi connectivity index (χ0) is 33.0. The molecule has 0 heterocycles. The summed E-state index contributed by atoms with van der Waals surface area (Å²) in [5.74, 6) is 0. The molecule has 0 saturated heterocycles. The van der Waals surface area contributed by atoms with E-state index in [0.717, 1.165) is 0 Å². The van der Waals surface area contributed by atoms with Crippen molar-refractivity contribution in [1.29, 1.82) is 0 Å². The Hall–Kier alpha value is -6.50. The van der Waals surface area contributed by atoms with E-state index in [0.29, 0.717) is 0 Å². The van der Waals surface area contributed by atoms with Crippen LogP contribution in [0.1, 0.15) is 0 Å². The van der Waals surface area contributed by atoms with Crippen LogP contribution in [0.3, 0.4) is 0 Å². The van der Waals surface area contributed by atoms with Gasteiger partial charge >= 0.3 is 0 Å². The van der Waals surface area contributed by atoms with E-state index in [1.807, 2.05) is 0 Å². The third kappa shape index (κ3) is 4.46. The Morgan fingerprint density at radius 3 is 0.880 bits per heavy atom. The van der Waals surface area contributed by atoms with Crippen LogP contribution in [0, 0.1) is 0 Å². The zero-order valence-electron chi connectivity index (χ0n) is 27.5. The Morgan fingerprint density at radius 1 is 0.180 bits per heavy atom. The molecule has 0 heteroatoms. The Balaban J connectivity index is 1.34. The van der Waals surface area contributed by atoms with Gasteiger partial charge in [0, 0.05) is 0 Å². The minimum absolute atomic E-state index is 1.23. The third-order valence-electron chi connectivity index (χ3n) is 10.4. The van der Waals surface area contributed by atoms with Crippen LogP contribution in [0.4, 0.5) is 0 Å². The zero-order valence-corrected chi connectivity index (χ0v) is 27.5. The largest absolute Gasteiger partial charge is 0.0622 e. The molecule has 0 bridgehead atoms. The lowest BCUT2D eigenvalue weighted by Crippen LogP contribution is -1.91. The van der Waals surface area contributed by atoms with Gasteiger partial charge in [0.05, 0.1) is 0 Å². The molecule has 0 aromatic heterocycles. The maximum atomic E-state index is 2.44. The normalized spacial score (nSPS) is 11.6. The molecule has 0 aliphatic rings. The summed E-state index contributed by atoms with van der Waals surface area (Å²) in [7, 11) is 0. The molecule has 0 fully saturated rings. The lowest BCUT2D eigenvalue weighted by molar-refractivity contribution is 1.59. The molecule has 0 amide bonds. The van der Waals surface area contributed by atoms with Gasteiger partial charge in [-0.05, 0) is 111 Å². The predicted octanol–water partition coefficient (Wildman–Crippen LogP) is 14.1. The minimum atomic E-state index is 1.23. The highest BCUT2D eigenvalue weighted by molar-refractivity contribution is 6.39. The summed E-state index contributed by atoms with van der Waals surface area (Å²) < 4.78 is 0. The number of hydrogen-bond donors (Lipinski definition) is 0. The fourth-order valence-corrected chi connectivity index (χ4v) is 8.22. The first-order valence-electron chi connectivity index (χ1n) is 17.4. The van der Waals surface area contributed by atoms with Crippen molar-refractivity contribution in [3.8, 4) is 44.5 Å². The fourth-order valence-electron chi connectivity index (χ4n) is 8.22. The Bertz CT molecular complexity index is 2700. The molecule has 0 aliphatic carbocycles. The molecular formula is C50H32. The second-order valence-corrected chi connectivity index (χ2v) is 13.2. The van der Waals surface area contributed by atoms with Crippen molar-refractivity contribution in [2.45, 2.75) is 0 Å². The smallest absolute Gasteiger partial charge is 0.00137 e. The van der Waals surface area contributed by atoms with E-state index in [-0.39, 0.29) is 0 Å². The molecule has 0 atom stereocenters. The highest BCUT2D eigenvalue weighted by Gasteiger charge is 2.18. The van der Waals surface area contributed by atoms with Gasteiger partial charge in [-0.1, -0.05) is 182 Å². The second-order valence-electron chi connectivity index (χ2n) is 13.2. The topological polar surface area (TPSA) is 0 Å². The first kappa shape index (κ1) is 28.5. The fraction of sp³-hybridized carbons (Fsp3) is 0. The highest BCUT2D eigenvalue weighted by Crippen LogP contribution is 2.46. The SMILES string of the molecule is c1ccc(-c2ccccc2-c2ccc3c4ccccc4c4c5cc(-c6ccccc6-c6ccccc6)ccc5c5ccccc5c4c3c2)cc1. The molecule has 10 aromatic carbocycles. The molecule has 10 rings (SSSR count). The number of fused-ring (bicyclic) bond motifs is 11. The van der Waals surface area contributed by atoms with E-state index in [9.17, 15) is 0 Å². The van der Waals surface area contributed by atoms with E-state index in [1.54, 1.807) is 0 Å². The minimum Gasteiger partial charge on any atom is -0.0622 e. The van der Waals surface area contributed by atoms with Crippen LogP contribution in [0.25, 0.3) is 98.4 Å². The van der Waals surface area contributed by atoms with Gasteiger partial charge in [-0.15, -0.1) is 0 Å². The van der Waals surface area contributed by atoms with Crippen molar-refractivity contribution in [3.63, 3.8) is 0 Å². The van der Waals surface area contributed by atoms with Gasteiger partial charge in [-0.25, -0.2) is 0 Å². The van der Waals surface area contributed by atoms with E-state index in [1.165, 1.54) is 98.4 Å². The molecule has 0 saturated carbocycles. The lowest BCUT2D eigenvalue weighted by atomic mass is 9.84. The summed E-state index contributed by atoms with van der Waals surface area (Å²) >= 11 is 0. The molecule has 0 N–H and O–H groups in total. The van der Waals surface area contributed by atoms with Gasteiger partial charge in [-0.2, -0.15) is 0 Å². The summed E-state index contributed by atoms with van der Waals surface area (Å²) in [6, 6.07) is 71.2. The lowest BCUT2D eigenvalue weighted by Gasteiger charge is -2.19. The van der Waals surface area contributed by atoms with Crippen molar-refractivity contribution >= 4 is 53.9 Å². The Kier molecular flexibility index (Phi) is 6.60. The van der Waals surface area contributed by atoms with Crippen LogP contribution in [0.15, 0.2) is 194 Å². The molecule has 0 aliphatic heterocycles. The number of rotatable bonds is 4. The van der Waals surface area contributed by atoms with Crippen LogP contribution in [0.5, 0.6) is 0 Å². The molecule has 50 heavy (non-hydrogen) atoms. The van der Waals surface area contributed by atoms with E-state index in [4.69, 9.17) is 0 Å². The van der Waals surface area contributed by atoms with Crippen molar-refractivity contribution < 1.29 is 0 Å². The van der Waals surface area contributed by atoms with E-state index < -0.39 is 0 Å². The molecule has 0 unspecified atom stereocenters. The van der Waals surface area contributed by atoms with Crippen LogP contribution in [-0.2, 0) is 0 Å². The van der Waals surface area contributed by atoms with Crippen molar-refractivity contribution in [1.82, 2.24) is 0 Å². The van der Waals surface area contributed by atoms with E-state index >= 15 is 0 Å². The van der Waals surface area contributed by atoms with Gasteiger partial charge in [0.2, 0.25) is 0 Å². The van der Waals surface area contributed by atoms with Crippen molar-refractivity contribution in [3.05, 3.63) is 194 Å². The standard InChI is InChI=1S/C50H32/c1-3-15-33(16-4-1)37-19-7-9-21-39(37)35-27-29-43-41-23-11-14-26-46(41)50-48-32-36(40-22-10-8-20-38(40)34-17-5-2-6-18-34)28-30-44(48)42-24-12-13-25-45(42)49(50)47(43)31-35/h1-32H. The van der Waals surface area contributed by atoms with Crippen LogP contribution in [0.2, 0.25) is 0 Å². The van der Waals surface area contributed by atoms with Crippen molar-refractivity contribution in [2.75, 3.05) is 0 Å². The predicted molar refractivity (Wildman–Crippen MR) is 216 cm³/mol. The van der Waals surface area contributed by atoms with Crippen molar-refractivity contribution in [2.24, 2.45) is 0 Å². The quantitative estimate of drug-likeness (QED) is 0.169. The second kappa shape index (κ2) is 11.6. The highest BCUT2D eigenvalue weighted by atomic mass is 14.2. The summed E-state index contributed by atoms with van der Waals surface area (Å²) in [6.07, 6.45) is 0. The number of hydrogen-bond acceptors (Lipinski definition) is 0. The Morgan fingerprint density at radius 2 is 0.480 bits per heavy atom. The molecule has 0 nitrogen and oxygen atoms in total. The van der Waals surface area contributed by atoms with E-state index in [2.05, 4.69) is 194 Å². The summed E-state index contributed by atoms with van der Waals surface area (Å²) in [5, 5.41) is 12.9. The monoisotopic (exact) mass is 632 g/mol. The van der Waals surface area contributed by atoms with Gasteiger partial charge in [0.15, 0.2) is 0 Å². The molecule has 232 valence electrons. The summed E-state index contributed by atoms with van der Waals surface area (Å²) in [5.41, 5.74) is 9.88. The first-order valence-corrected chi connectivity index (χ1v) is 17.4. The molecular weight excluding hydrogens is 601 g/mol. The van der Waals surface area contributed by atoms with Crippen LogP contribution >= 0.6 is 0 Å². The summed E-state index contributed by atoms with van der Waals surface area (Å²) in [4.78, 5) is 0. The summed E-state index contributed by atoms with van der Waals surface area (Å²) in [6.45, 7) is 0.